The molecule has 0 spiro atoms. The quantitative estimate of drug-likeness (QED) is 0.393. The van der Waals surface area contributed by atoms with Crippen LogP contribution in [0.25, 0.3) is 11.1 Å². The van der Waals surface area contributed by atoms with Gasteiger partial charge in [0, 0.05) is 6.42 Å². The average molecular weight is 392 g/mol. The first-order valence-electron chi connectivity index (χ1n) is 10.1. The van der Waals surface area contributed by atoms with Gasteiger partial charge in [-0.2, -0.15) is 0 Å². The van der Waals surface area contributed by atoms with E-state index in [1.165, 1.54) is 23.3 Å². The minimum atomic E-state index is -0.224. The molecular formula is C27H21FN2. The summed E-state index contributed by atoms with van der Waals surface area (Å²) in [4.78, 5) is 4.99. The maximum absolute atomic E-state index is 13.4. The molecule has 0 radical (unpaired) electrons. The van der Waals surface area contributed by atoms with E-state index in [2.05, 4.69) is 53.8 Å². The number of halogens is 1. The molecule has 1 aliphatic rings. The first-order valence-corrected chi connectivity index (χ1v) is 10.1. The smallest absolute Gasteiger partial charge is 0.123 e. The lowest BCUT2D eigenvalue weighted by atomic mass is 9.96. The van der Waals surface area contributed by atoms with Crippen LogP contribution < -0.4 is 5.32 Å². The van der Waals surface area contributed by atoms with E-state index in [0.29, 0.717) is 6.42 Å². The SMILES string of the molecule is Fc1ccc(C2CC(c3ccc(-c4ccccc4)cc3)=Nc3ccccc3N2)cc1. The van der Waals surface area contributed by atoms with Crippen LogP contribution in [0.4, 0.5) is 15.8 Å². The zero-order valence-corrected chi connectivity index (χ0v) is 16.4. The molecule has 0 amide bonds. The van der Waals surface area contributed by atoms with Gasteiger partial charge in [0.2, 0.25) is 0 Å². The lowest BCUT2D eigenvalue weighted by molar-refractivity contribution is 0.626. The molecule has 1 aliphatic heterocycles. The fourth-order valence-corrected chi connectivity index (χ4v) is 3.88. The number of hydrogen-bond acceptors (Lipinski definition) is 2. The van der Waals surface area contributed by atoms with Crippen LogP contribution in [0.5, 0.6) is 0 Å². The molecule has 4 aromatic carbocycles. The van der Waals surface area contributed by atoms with Gasteiger partial charge in [0.1, 0.15) is 5.82 Å². The van der Waals surface area contributed by atoms with Gasteiger partial charge < -0.3 is 5.32 Å². The Hall–Kier alpha value is -3.72. The molecule has 0 bridgehead atoms. The normalized spacial score (nSPS) is 15.5. The maximum Gasteiger partial charge on any atom is 0.123 e. The zero-order chi connectivity index (χ0) is 20.3. The van der Waals surface area contributed by atoms with Crippen molar-refractivity contribution in [3.8, 4) is 11.1 Å². The number of fused-ring (bicyclic) bond motifs is 1. The monoisotopic (exact) mass is 392 g/mol. The molecule has 1 unspecified atom stereocenters. The Bertz CT molecular complexity index is 1180. The molecule has 30 heavy (non-hydrogen) atoms. The molecule has 1 atom stereocenters. The van der Waals surface area contributed by atoms with Gasteiger partial charge in [0.15, 0.2) is 0 Å². The van der Waals surface area contributed by atoms with E-state index in [9.17, 15) is 4.39 Å². The lowest BCUT2D eigenvalue weighted by Crippen LogP contribution is -2.14. The van der Waals surface area contributed by atoms with Crippen LogP contribution in [0.3, 0.4) is 0 Å². The van der Waals surface area contributed by atoms with Crippen molar-refractivity contribution in [3.63, 3.8) is 0 Å². The Balaban J connectivity index is 1.52. The Morgan fingerprint density at radius 3 is 2.07 bits per heavy atom. The first-order chi connectivity index (χ1) is 14.8. The number of nitrogens with one attached hydrogen (secondary N) is 1. The summed E-state index contributed by atoms with van der Waals surface area (Å²) in [6.45, 7) is 0. The van der Waals surface area contributed by atoms with Crippen molar-refractivity contribution >= 4 is 17.1 Å². The lowest BCUT2D eigenvalue weighted by Gasteiger charge is -2.19. The van der Waals surface area contributed by atoms with Crippen molar-refractivity contribution in [2.75, 3.05) is 5.32 Å². The second-order valence-corrected chi connectivity index (χ2v) is 7.47. The summed E-state index contributed by atoms with van der Waals surface area (Å²) in [5.74, 6) is -0.224. The maximum atomic E-state index is 13.4. The predicted octanol–water partition coefficient (Wildman–Crippen LogP) is 7.17. The summed E-state index contributed by atoms with van der Waals surface area (Å²) >= 11 is 0. The standard InChI is InChI=1S/C27H21FN2/c28-23-16-14-22(15-17-23)27-18-26(29-24-8-4-5-9-25(24)30-27)21-12-10-20(11-13-21)19-6-2-1-3-7-19/h1-17,27,30H,18H2. The summed E-state index contributed by atoms with van der Waals surface area (Å²) in [6, 6.07) is 33.7. The van der Waals surface area contributed by atoms with E-state index in [0.717, 1.165) is 28.2 Å². The third-order valence-electron chi connectivity index (χ3n) is 5.48. The Morgan fingerprint density at radius 2 is 1.30 bits per heavy atom. The van der Waals surface area contributed by atoms with E-state index in [-0.39, 0.29) is 11.9 Å². The molecule has 4 aromatic rings. The van der Waals surface area contributed by atoms with Crippen molar-refractivity contribution in [1.29, 1.82) is 0 Å². The van der Waals surface area contributed by atoms with Crippen molar-refractivity contribution in [1.82, 2.24) is 0 Å². The second kappa shape index (κ2) is 7.96. The third kappa shape index (κ3) is 3.74. The summed E-state index contributed by atoms with van der Waals surface area (Å²) < 4.78 is 13.4. The number of rotatable bonds is 3. The Kier molecular flexibility index (Phi) is 4.86. The van der Waals surface area contributed by atoms with Gasteiger partial charge in [0.05, 0.1) is 23.1 Å². The number of para-hydroxylation sites is 2. The highest BCUT2D eigenvalue weighted by Gasteiger charge is 2.21. The summed E-state index contributed by atoms with van der Waals surface area (Å²) in [6.07, 6.45) is 0.713. The molecule has 5 rings (SSSR count). The van der Waals surface area contributed by atoms with Gasteiger partial charge >= 0.3 is 0 Å². The molecule has 146 valence electrons. The van der Waals surface area contributed by atoms with Crippen LogP contribution in [-0.4, -0.2) is 5.71 Å². The van der Waals surface area contributed by atoms with E-state index < -0.39 is 0 Å². The van der Waals surface area contributed by atoms with Crippen LogP contribution >= 0.6 is 0 Å². The highest BCUT2D eigenvalue weighted by Crippen LogP contribution is 2.35. The predicted molar refractivity (Wildman–Crippen MR) is 122 cm³/mol. The molecule has 3 heteroatoms. The second-order valence-electron chi connectivity index (χ2n) is 7.47. The van der Waals surface area contributed by atoms with Gasteiger partial charge in [-0.05, 0) is 46.5 Å². The zero-order valence-electron chi connectivity index (χ0n) is 16.4. The summed E-state index contributed by atoms with van der Waals surface area (Å²) in [7, 11) is 0. The molecular weight excluding hydrogens is 371 g/mol. The van der Waals surface area contributed by atoms with Gasteiger partial charge in [-0.1, -0.05) is 78.9 Å². The molecule has 1 heterocycles. The van der Waals surface area contributed by atoms with Crippen LogP contribution in [0, 0.1) is 5.82 Å². The van der Waals surface area contributed by atoms with Crippen molar-refractivity contribution in [2.45, 2.75) is 12.5 Å². The van der Waals surface area contributed by atoms with E-state index in [4.69, 9.17) is 4.99 Å². The van der Waals surface area contributed by atoms with Crippen LogP contribution in [0.1, 0.15) is 23.6 Å². The fraction of sp³-hybridized carbons (Fsp3) is 0.0741. The number of aliphatic imine (C=N–C) groups is 1. The number of anilines is 1. The van der Waals surface area contributed by atoms with Crippen molar-refractivity contribution in [3.05, 3.63) is 120 Å². The largest absolute Gasteiger partial charge is 0.376 e. The summed E-state index contributed by atoms with van der Waals surface area (Å²) in [5, 5.41) is 3.60. The average Bonchev–Trinajstić information content (AvgIpc) is 3.00. The molecule has 0 aliphatic carbocycles. The van der Waals surface area contributed by atoms with Crippen molar-refractivity contribution in [2.24, 2.45) is 4.99 Å². The van der Waals surface area contributed by atoms with Crippen molar-refractivity contribution < 1.29 is 4.39 Å². The fourth-order valence-electron chi connectivity index (χ4n) is 3.88. The molecule has 0 fully saturated rings. The molecule has 0 saturated carbocycles. The van der Waals surface area contributed by atoms with Gasteiger partial charge in [-0.25, -0.2) is 4.39 Å². The molecule has 1 N–H and O–H groups in total. The van der Waals surface area contributed by atoms with Crippen LogP contribution in [0.15, 0.2) is 108 Å². The third-order valence-corrected chi connectivity index (χ3v) is 5.48. The highest BCUT2D eigenvalue weighted by atomic mass is 19.1. The number of benzene rings is 4. The van der Waals surface area contributed by atoms with E-state index >= 15 is 0 Å². The van der Waals surface area contributed by atoms with Gasteiger partial charge in [-0.3, -0.25) is 4.99 Å². The molecule has 2 nitrogen and oxygen atoms in total. The Labute approximate surface area is 175 Å². The van der Waals surface area contributed by atoms with Crippen LogP contribution in [-0.2, 0) is 0 Å². The topological polar surface area (TPSA) is 24.4 Å². The van der Waals surface area contributed by atoms with E-state index in [1.54, 1.807) is 0 Å². The van der Waals surface area contributed by atoms with E-state index in [1.807, 2.05) is 42.5 Å². The minimum Gasteiger partial charge on any atom is -0.376 e. The minimum absolute atomic E-state index is 0.0156. The van der Waals surface area contributed by atoms with Crippen LogP contribution in [0.2, 0.25) is 0 Å². The number of hydrogen-bond donors (Lipinski definition) is 1. The van der Waals surface area contributed by atoms with Gasteiger partial charge in [0.25, 0.3) is 0 Å². The van der Waals surface area contributed by atoms with Gasteiger partial charge in [-0.15, -0.1) is 0 Å². The molecule has 0 saturated heterocycles. The number of nitrogens with zero attached hydrogens (tertiary/aromatic N) is 1. The first kappa shape index (κ1) is 18.3. The molecule has 0 aromatic heterocycles. The highest BCUT2D eigenvalue weighted by molar-refractivity contribution is 6.04. The Morgan fingerprint density at radius 1 is 0.667 bits per heavy atom. The summed E-state index contributed by atoms with van der Waals surface area (Å²) in [5.41, 5.74) is 7.45.